The number of benzene rings is 1. The molecule has 2 rings (SSSR count). The molecule has 0 aromatic heterocycles. The quantitative estimate of drug-likeness (QED) is 0.488. The third kappa shape index (κ3) is 3.16. The molecule has 2 unspecified atom stereocenters. The van der Waals surface area contributed by atoms with E-state index >= 15 is 0 Å². The molecule has 7 heteroatoms. The van der Waals surface area contributed by atoms with Crippen LogP contribution in [0.1, 0.15) is 11.6 Å². The van der Waals surface area contributed by atoms with Crippen molar-refractivity contribution in [2.45, 2.75) is 12.1 Å². The highest BCUT2D eigenvalue weighted by Gasteiger charge is 2.32. The number of halogens is 3. The standard InChI is InChI=1S/C13H19BrClFN4/c1-19-5-6-20(2)10(7-19)13(18-17)8-3-4-9(14)11(15)12(8)16/h3-4,10,13,18H,5-7,17H2,1-2H3. The first-order valence-corrected chi connectivity index (χ1v) is 7.61. The zero-order valence-corrected chi connectivity index (χ0v) is 13.9. The molecule has 1 aromatic carbocycles. The van der Waals surface area contributed by atoms with Crippen LogP contribution in [0.15, 0.2) is 16.6 Å². The average molecular weight is 366 g/mol. The lowest BCUT2D eigenvalue weighted by Crippen LogP contribution is -2.56. The monoisotopic (exact) mass is 364 g/mol. The predicted octanol–water partition coefficient (Wildman–Crippen LogP) is 1.99. The molecule has 0 spiro atoms. The molecular weight excluding hydrogens is 347 g/mol. The van der Waals surface area contributed by atoms with E-state index in [9.17, 15) is 4.39 Å². The van der Waals surface area contributed by atoms with Crippen molar-refractivity contribution in [3.05, 3.63) is 33.0 Å². The number of hydrogen-bond acceptors (Lipinski definition) is 4. The Morgan fingerprint density at radius 3 is 2.80 bits per heavy atom. The van der Waals surface area contributed by atoms with Crippen LogP contribution in [0.5, 0.6) is 0 Å². The van der Waals surface area contributed by atoms with E-state index < -0.39 is 5.82 Å². The van der Waals surface area contributed by atoms with Crippen molar-refractivity contribution in [2.75, 3.05) is 33.7 Å². The maximum atomic E-state index is 14.4. The van der Waals surface area contributed by atoms with Gasteiger partial charge in [-0.15, -0.1) is 0 Å². The second-order valence-electron chi connectivity index (χ2n) is 5.22. The van der Waals surface area contributed by atoms with E-state index in [2.05, 4.69) is 38.2 Å². The minimum Gasteiger partial charge on any atom is -0.303 e. The summed E-state index contributed by atoms with van der Waals surface area (Å²) in [6.07, 6.45) is 0. The highest BCUT2D eigenvalue weighted by Crippen LogP contribution is 2.32. The van der Waals surface area contributed by atoms with E-state index in [0.29, 0.717) is 10.0 Å². The van der Waals surface area contributed by atoms with Gasteiger partial charge in [-0.3, -0.25) is 16.2 Å². The maximum Gasteiger partial charge on any atom is 0.147 e. The van der Waals surface area contributed by atoms with Gasteiger partial charge in [-0.1, -0.05) is 17.7 Å². The van der Waals surface area contributed by atoms with Crippen LogP contribution in [0.3, 0.4) is 0 Å². The van der Waals surface area contributed by atoms with Crippen molar-refractivity contribution in [3.63, 3.8) is 0 Å². The molecule has 1 heterocycles. The van der Waals surface area contributed by atoms with Gasteiger partial charge in [-0.25, -0.2) is 4.39 Å². The van der Waals surface area contributed by atoms with Crippen LogP contribution in [-0.2, 0) is 0 Å². The van der Waals surface area contributed by atoms with Gasteiger partial charge in [0.15, 0.2) is 0 Å². The minimum atomic E-state index is -0.425. The van der Waals surface area contributed by atoms with Gasteiger partial charge in [0.1, 0.15) is 5.82 Å². The first-order chi connectivity index (χ1) is 9.45. The topological polar surface area (TPSA) is 44.5 Å². The average Bonchev–Trinajstić information content (AvgIpc) is 2.43. The van der Waals surface area contributed by atoms with E-state index in [1.807, 2.05) is 7.05 Å². The molecule has 1 aliphatic heterocycles. The van der Waals surface area contributed by atoms with E-state index in [-0.39, 0.29) is 17.1 Å². The Bertz CT molecular complexity index is 488. The number of hydrogen-bond donors (Lipinski definition) is 2. The fourth-order valence-electron chi connectivity index (χ4n) is 2.59. The van der Waals surface area contributed by atoms with Gasteiger partial charge in [-0.05, 0) is 36.1 Å². The lowest BCUT2D eigenvalue weighted by atomic mass is 9.96. The number of piperazine rings is 1. The van der Waals surface area contributed by atoms with Crippen molar-refractivity contribution >= 4 is 27.5 Å². The molecule has 1 fully saturated rings. The van der Waals surface area contributed by atoms with Gasteiger partial charge >= 0.3 is 0 Å². The Hall–Kier alpha value is -0.240. The summed E-state index contributed by atoms with van der Waals surface area (Å²) in [4.78, 5) is 4.41. The molecular formula is C13H19BrClFN4. The second kappa shape index (κ2) is 6.68. The molecule has 0 bridgehead atoms. The van der Waals surface area contributed by atoms with E-state index in [0.717, 1.165) is 19.6 Å². The van der Waals surface area contributed by atoms with Crippen molar-refractivity contribution in [2.24, 2.45) is 5.84 Å². The Morgan fingerprint density at radius 1 is 1.45 bits per heavy atom. The molecule has 0 aliphatic carbocycles. The zero-order valence-electron chi connectivity index (χ0n) is 11.5. The van der Waals surface area contributed by atoms with Crippen molar-refractivity contribution in [1.29, 1.82) is 0 Å². The lowest BCUT2D eigenvalue weighted by molar-refractivity contribution is 0.0867. The van der Waals surface area contributed by atoms with Crippen LogP contribution in [-0.4, -0.2) is 49.6 Å². The summed E-state index contributed by atoms with van der Waals surface area (Å²) in [5.41, 5.74) is 3.24. The maximum absolute atomic E-state index is 14.4. The molecule has 1 saturated heterocycles. The van der Waals surface area contributed by atoms with Crippen molar-refractivity contribution in [3.8, 4) is 0 Å². The van der Waals surface area contributed by atoms with Crippen LogP contribution in [0.25, 0.3) is 0 Å². The van der Waals surface area contributed by atoms with Gasteiger partial charge in [-0.2, -0.15) is 0 Å². The molecule has 1 aliphatic rings. The Kier molecular flexibility index (Phi) is 5.39. The first kappa shape index (κ1) is 16.1. The Balaban J connectivity index is 2.34. The largest absolute Gasteiger partial charge is 0.303 e. The number of likely N-dealkylation sites (N-methyl/N-ethyl adjacent to an activating group) is 2. The summed E-state index contributed by atoms with van der Waals surface area (Å²) >= 11 is 9.20. The molecule has 1 aromatic rings. The highest BCUT2D eigenvalue weighted by molar-refractivity contribution is 9.10. The van der Waals surface area contributed by atoms with Crippen molar-refractivity contribution in [1.82, 2.24) is 15.2 Å². The smallest absolute Gasteiger partial charge is 0.147 e. The number of nitrogens with zero attached hydrogens (tertiary/aromatic N) is 2. The fourth-order valence-corrected chi connectivity index (χ4v) is 3.07. The van der Waals surface area contributed by atoms with Crippen LogP contribution >= 0.6 is 27.5 Å². The lowest BCUT2D eigenvalue weighted by Gasteiger charge is -2.41. The highest BCUT2D eigenvalue weighted by atomic mass is 79.9. The van der Waals surface area contributed by atoms with Gasteiger partial charge in [0.2, 0.25) is 0 Å². The van der Waals surface area contributed by atoms with Crippen LogP contribution in [0.4, 0.5) is 4.39 Å². The molecule has 4 nitrogen and oxygen atoms in total. The number of hydrazine groups is 1. The molecule has 3 N–H and O–H groups in total. The summed E-state index contributed by atoms with van der Waals surface area (Å²) in [6.45, 7) is 2.73. The van der Waals surface area contributed by atoms with Crippen molar-refractivity contribution < 1.29 is 4.39 Å². The SMILES string of the molecule is CN1CCN(C)C(C(NN)c2ccc(Br)c(Cl)c2F)C1. The molecule has 0 saturated carbocycles. The summed E-state index contributed by atoms with van der Waals surface area (Å²) < 4.78 is 14.9. The van der Waals surface area contributed by atoms with Crippen LogP contribution in [0, 0.1) is 5.82 Å². The van der Waals surface area contributed by atoms with E-state index in [1.54, 1.807) is 12.1 Å². The fraction of sp³-hybridized carbons (Fsp3) is 0.538. The Labute approximate surface area is 132 Å². The van der Waals surface area contributed by atoms with E-state index in [1.165, 1.54) is 0 Å². The van der Waals surface area contributed by atoms with E-state index in [4.69, 9.17) is 17.4 Å². The number of nitrogens with two attached hydrogens (primary N) is 1. The van der Waals surface area contributed by atoms with Gasteiger partial charge in [0.25, 0.3) is 0 Å². The third-order valence-electron chi connectivity index (χ3n) is 3.86. The van der Waals surface area contributed by atoms with Crippen LogP contribution < -0.4 is 11.3 Å². The minimum absolute atomic E-state index is 0.0884. The summed E-state index contributed by atoms with van der Waals surface area (Å²) in [6, 6.07) is 3.24. The molecule has 2 atom stereocenters. The second-order valence-corrected chi connectivity index (χ2v) is 6.45. The zero-order chi connectivity index (χ0) is 14.9. The number of rotatable bonds is 3. The Morgan fingerprint density at radius 2 is 2.15 bits per heavy atom. The molecule has 20 heavy (non-hydrogen) atoms. The van der Waals surface area contributed by atoms with Gasteiger partial charge in [0, 0.05) is 35.7 Å². The van der Waals surface area contributed by atoms with Gasteiger partial charge in [0.05, 0.1) is 11.1 Å². The third-order valence-corrected chi connectivity index (χ3v) is 5.12. The van der Waals surface area contributed by atoms with Crippen LogP contribution in [0.2, 0.25) is 5.02 Å². The summed E-state index contributed by atoms with van der Waals surface area (Å²) in [7, 11) is 4.08. The molecule has 0 radical (unpaired) electrons. The molecule has 112 valence electrons. The number of nitrogens with one attached hydrogen (secondary N) is 1. The normalized spacial score (nSPS) is 23.0. The summed E-state index contributed by atoms with van der Waals surface area (Å²) in [5, 5.41) is 0.0922. The summed E-state index contributed by atoms with van der Waals surface area (Å²) in [5.74, 6) is 5.26. The predicted molar refractivity (Wildman–Crippen MR) is 83.1 cm³/mol. The first-order valence-electron chi connectivity index (χ1n) is 6.44. The van der Waals surface area contributed by atoms with Gasteiger partial charge < -0.3 is 4.90 Å². The molecule has 0 amide bonds.